The number of ether oxygens (including phenoxy) is 1. The number of para-hydroxylation sites is 1. The molecule has 1 aliphatic heterocycles. The lowest BCUT2D eigenvalue weighted by atomic mass is 10.2. The van der Waals surface area contributed by atoms with Gasteiger partial charge in [-0.05, 0) is 36.2 Å². The van der Waals surface area contributed by atoms with E-state index in [4.69, 9.17) is 16.3 Å². The number of β-amino-alcohol motifs (C(OH)–C–C–N with tert-alkyl or cyclic N) is 1. The number of halogens is 1. The minimum absolute atomic E-state index is 0.200. The van der Waals surface area contributed by atoms with E-state index in [1.165, 1.54) is 0 Å². The normalized spacial score (nSPS) is 17.8. The van der Waals surface area contributed by atoms with Gasteiger partial charge in [0.25, 0.3) is 0 Å². The quantitative estimate of drug-likeness (QED) is 0.723. The zero-order valence-electron chi connectivity index (χ0n) is 14.5. The van der Waals surface area contributed by atoms with Crippen molar-refractivity contribution in [3.05, 3.63) is 59.1 Å². The second-order valence-electron chi connectivity index (χ2n) is 6.70. The van der Waals surface area contributed by atoms with Crippen LogP contribution in [-0.4, -0.2) is 52.1 Å². The molecule has 6 heteroatoms. The molecule has 2 heterocycles. The predicted molar refractivity (Wildman–Crippen MR) is 103 cm³/mol. The van der Waals surface area contributed by atoms with Gasteiger partial charge in [0.1, 0.15) is 6.61 Å². The van der Waals surface area contributed by atoms with Crippen LogP contribution in [0.1, 0.15) is 12.0 Å². The Kier molecular flexibility index (Phi) is 5.11. The van der Waals surface area contributed by atoms with E-state index in [0.717, 1.165) is 47.5 Å². The summed E-state index contributed by atoms with van der Waals surface area (Å²) in [7, 11) is 0. The molecule has 3 aromatic rings. The SMILES string of the molecule is O[C@H]1CCN(CCOc2nn(Cc3ccc(Cl)cc3)c3ccccc23)C1. The summed E-state index contributed by atoms with van der Waals surface area (Å²) in [5.41, 5.74) is 2.19. The van der Waals surface area contributed by atoms with Gasteiger partial charge < -0.3 is 9.84 Å². The Morgan fingerprint density at radius 2 is 1.96 bits per heavy atom. The first kappa shape index (κ1) is 17.3. The molecular weight excluding hydrogens is 350 g/mol. The van der Waals surface area contributed by atoms with Crippen LogP contribution in [0.2, 0.25) is 5.02 Å². The van der Waals surface area contributed by atoms with Crippen LogP contribution in [0.3, 0.4) is 0 Å². The molecule has 1 saturated heterocycles. The first-order valence-corrected chi connectivity index (χ1v) is 9.30. The van der Waals surface area contributed by atoms with Crippen LogP contribution in [0.15, 0.2) is 48.5 Å². The number of hydrogen-bond acceptors (Lipinski definition) is 4. The molecule has 5 nitrogen and oxygen atoms in total. The van der Waals surface area contributed by atoms with Crippen molar-refractivity contribution in [2.45, 2.75) is 19.1 Å². The molecule has 2 aromatic carbocycles. The molecule has 0 amide bonds. The molecule has 0 spiro atoms. The summed E-state index contributed by atoms with van der Waals surface area (Å²) in [6.45, 7) is 3.69. The first-order chi connectivity index (χ1) is 12.7. The average molecular weight is 372 g/mol. The Bertz CT molecular complexity index is 878. The van der Waals surface area contributed by atoms with Crippen molar-refractivity contribution in [2.24, 2.45) is 0 Å². The summed E-state index contributed by atoms with van der Waals surface area (Å²) in [6, 6.07) is 15.9. The van der Waals surface area contributed by atoms with E-state index in [2.05, 4.69) is 16.1 Å². The molecule has 4 rings (SSSR count). The summed E-state index contributed by atoms with van der Waals surface area (Å²) in [5, 5.41) is 16.0. The lowest BCUT2D eigenvalue weighted by molar-refractivity contribution is 0.166. The molecule has 1 aromatic heterocycles. The van der Waals surface area contributed by atoms with Crippen LogP contribution in [0.5, 0.6) is 5.88 Å². The van der Waals surface area contributed by atoms with Gasteiger partial charge in [0.15, 0.2) is 0 Å². The van der Waals surface area contributed by atoms with Gasteiger partial charge >= 0.3 is 0 Å². The Hall–Kier alpha value is -2.08. The van der Waals surface area contributed by atoms with Gasteiger partial charge in [-0.25, -0.2) is 0 Å². The molecule has 0 aliphatic carbocycles. The summed E-state index contributed by atoms with van der Waals surface area (Å²) < 4.78 is 7.94. The maximum Gasteiger partial charge on any atom is 0.240 e. The highest BCUT2D eigenvalue weighted by atomic mass is 35.5. The third-order valence-corrected chi connectivity index (χ3v) is 5.02. The van der Waals surface area contributed by atoms with E-state index in [1.54, 1.807) is 0 Å². The highest BCUT2D eigenvalue weighted by Gasteiger charge is 2.20. The van der Waals surface area contributed by atoms with Gasteiger partial charge in [-0.1, -0.05) is 35.9 Å². The summed E-state index contributed by atoms with van der Waals surface area (Å²) >= 11 is 5.97. The zero-order valence-corrected chi connectivity index (χ0v) is 15.3. The van der Waals surface area contributed by atoms with Gasteiger partial charge in [-0.2, -0.15) is 0 Å². The number of fused-ring (bicyclic) bond motifs is 1. The zero-order chi connectivity index (χ0) is 17.9. The standard InChI is InChI=1S/C20H22ClN3O2/c21-16-7-5-15(6-8-16)13-24-19-4-2-1-3-18(19)20(22-24)26-12-11-23-10-9-17(25)14-23/h1-8,17,25H,9-14H2/t17-/m0/s1. The maximum absolute atomic E-state index is 9.61. The van der Waals surface area contributed by atoms with Crippen LogP contribution in [0, 0.1) is 0 Å². The third kappa shape index (κ3) is 3.85. The topological polar surface area (TPSA) is 50.5 Å². The van der Waals surface area contributed by atoms with Crippen LogP contribution in [-0.2, 0) is 6.54 Å². The highest BCUT2D eigenvalue weighted by molar-refractivity contribution is 6.30. The van der Waals surface area contributed by atoms with Crippen molar-refractivity contribution in [3.63, 3.8) is 0 Å². The van der Waals surface area contributed by atoms with Crippen molar-refractivity contribution in [1.82, 2.24) is 14.7 Å². The number of benzene rings is 2. The second-order valence-corrected chi connectivity index (χ2v) is 7.13. The third-order valence-electron chi connectivity index (χ3n) is 4.76. The minimum atomic E-state index is -0.200. The van der Waals surface area contributed by atoms with Gasteiger partial charge in [-0.15, -0.1) is 5.10 Å². The van der Waals surface area contributed by atoms with Crippen LogP contribution < -0.4 is 4.74 Å². The number of rotatable bonds is 6. The van der Waals surface area contributed by atoms with Crippen molar-refractivity contribution in [3.8, 4) is 5.88 Å². The number of aromatic nitrogens is 2. The Morgan fingerprint density at radius 3 is 2.73 bits per heavy atom. The first-order valence-electron chi connectivity index (χ1n) is 8.92. The summed E-state index contributed by atoms with van der Waals surface area (Å²) in [5.74, 6) is 0.661. The van der Waals surface area contributed by atoms with Gasteiger partial charge in [-0.3, -0.25) is 9.58 Å². The Labute approximate surface area is 157 Å². The summed E-state index contributed by atoms with van der Waals surface area (Å²) in [4.78, 5) is 2.22. The van der Waals surface area contributed by atoms with E-state index >= 15 is 0 Å². The molecule has 136 valence electrons. The lowest BCUT2D eigenvalue weighted by Crippen LogP contribution is -2.27. The molecule has 1 fully saturated rings. The van der Waals surface area contributed by atoms with Gasteiger partial charge in [0.05, 0.1) is 23.6 Å². The number of aliphatic hydroxyl groups is 1. The fourth-order valence-corrected chi connectivity index (χ4v) is 3.50. The lowest BCUT2D eigenvalue weighted by Gasteiger charge is -2.14. The number of nitrogens with zero attached hydrogens (tertiary/aromatic N) is 3. The number of hydrogen-bond donors (Lipinski definition) is 1. The van der Waals surface area contributed by atoms with Crippen molar-refractivity contribution < 1.29 is 9.84 Å². The maximum atomic E-state index is 9.61. The molecule has 1 aliphatic rings. The predicted octanol–water partition coefficient (Wildman–Crippen LogP) is 3.18. The second kappa shape index (κ2) is 7.66. The van der Waals surface area contributed by atoms with Crippen LogP contribution in [0.25, 0.3) is 10.9 Å². The molecule has 26 heavy (non-hydrogen) atoms. The fraction of sp³-hybridized carbons (Fsp3) is 0.350. The highest BCUT2D eigenvalue weighted by Crippen LogP contribution is 2.25. The molecular formula is C20H22ClN3O2. The van der Waals surface area contributed by atoms with Crippen molar-refractivity contribution in [1.29, 1.82) is 0 Å². The largest absolute Gasteiger partial charge is 0.475 e. The fourth-order valence-electron chi connectivity index (χ4n) is 3.37. The average Bonchev–Trinajstić information content (AvgIpc) is 3.21. The van der Waals surface area contributed by atoms with E-state index in [1.807, 2.05) is 47.1 Å². The van der Waals surface area contributed by atoms with E-state index in [0.29, 0.717) is 19.0 Å². The molecule has 0 saturated carbocycles. The van der Waals surface area contributed by atoms with Gasteiger partial charge in [0.2, 0.25) is 5.88 Å². The molecule has 1 N–H and O–H groups in total. The van der Waals surface area contributed by atoms with Crippen molar-refractivity contribution in [2.75, 3.05) is 26.2 Å². The summed E-state index contributed by atoms with van der Waals surface area (Å²) in [6.07, 6.45) is 0.646. The van der Waals surface area contributed by atoms with Crippen LogP contribution in [0.4, 0.5) is 0 Å². The molecule has 0 unspecified atom stereocenters. The van der Waals surface area contributed by atoms with Gasteiger partial charge in [0, 0.05) is 24.7 Å². The van der Waals surface area contributed by atoms with E-state index in [9.17, 15) is 5.11 Å². The smallest absolute Gasteiger partial charge is 0.240 e. The van der Waals surface area contributed by atoms with Crippen LogP contribution >= 0.6 is 11.6 Å². The molecule has 1 atom stereocenters. The van der Waals surface area contributed by atoms with E-state index < -0.39 is 0 Å². The molecule has 0 bridgehead atoms. The Morgan fingerprint density at radius 1 is 1.15 bits per heavy atom. The Balaban J connectivity index is 1.49. The van der Waals surface area contributed by atoms with E-state index in [-0.39, 0.29) is 6.10 Å². The monoisotopic (exact) mass is 371 g/mol. The minimum Gasteiger partial charge on any atom is -0.475 e. The van der Waals surface area contributed by atoms with Crippen molar-refractivity contribution >= 4 is 22.5 Å². The number of aliphatic hydroxyl groups excluding tert-OH is 1. The number of likely N-dealkylation sites (tertiary alicyclic amines) is 1. The molecule has 0 radical (unpaired) electrons.